The van der Waals surface area contributed by atoms with Gasteiger partial charge in [-0.05, 0) is 81.1 Å². The number of esters is 3. The third-order valence-electron chi connectivity index (χ3n) is 11.2. The van der Waals surface area contributed by atoms with Crippen LogP contribution in [0.15, 0.2) is 116 Å². The summed E-state index contributed by atoms with van der Waals surface area (Å²) in [6.07, 6.45) is 0.469. The number of anilines is 1. The van der Waals surface area contributed by atoms with Crippen molar-refractivity contribution in [2.45, 2.75) is 49.5 Å². The zero-order valence-electron chi connectivity index (χ0n) is 32.7. The Morgan fingerprint density at radius 3 is 2.25 bits per heavy atom. The van der Waals surface area contributed by atoms with Gasteiger partial charge < -0.3 is 29.4 Å². The van der Waals surface area contributed by atoms with E-state index in [9.17, 15) is 24.3 Å². The van der Waals surface area contributed by atoms with Gasteiger partial charge in [-0.2, -0.15) is 0 Å². The van der Waals surface area contributed by atoms with Gasteiger partial charge in [-0.3, -0.25) is 19.3 Å². The molecule has 0 saturated carbocycles. The number of hydrogen-bond acceptors (Lipinski definition) is 11. The number of cyclic esters (lactones) is 1. The van der Waals surface area contributed by atoms with E-state index in [0.29, 0.717) is 26.0 Å². The van der Waals surface area contributed by atoms with E-state index in [1.807, 2.05) is 65.6 Å². The molecule has 4 aromatic carbocycles. The van der Waals surface area contributed by atoms with Crippen molar-refractivity contribution in [2.24, 2.45) is 11.8 Å². The predicted molar refractivity (Wildman–Crippen MR) is 224 cm³/mol. The molecule has 13 nitrogen and oxygen atoms in total. The Bertz CT molecular complexity index is 2250. The third-order valence-corrected chi connectivity index (χ3v) is 11.8. The number of benzene rings is 4. The highest BCUT2D eigenvalue weighted by atomic mass is 127. The summed E-state index contributed by atoms with van der Waals surface area (Å²) in [4.78, 5) is 76.4. The van der Waals surface area contributed by atoms with Gasteiger partial charge in [-0.15, -0.1) is 0 Å². The van der Waals surface area contributed by atoms with Gasteiger partial charge in [0.15, 0.2) is 0 Å². The molecule has 3 heterocycles. The molecule has 2 N–H and O–H groups in total. The summed E-state index contributed by atoms with van der Waals surface area (Å²) in [5, 5.41) is 12.4. The van der Waals surface area contributed by atoms with E-state index in [-0.39, 0.29) is 25.5 Å². The van der Waals surface area contributed by atoms with Crippen LogP contribution in [0.4, 0.5) is 10.5 Å². The molecule has 0 radical (unpaired) electrons. The van der Waals surface area contributed by atoms with Crippen molar-refractivity contribution in [3.63, 3.8) is 0 Å². The van der Waals surface area contributed by atoms with Crippen LogP contribution in [-0.4, -0.2) is 78.9 Å². The molecule has 0 unspecified atom stereocenters. The maximum absolute atomic E-state index is 16.1. The molecule has 3 aliphatic heterocycles. The summed E-state index contributed by atoms with van der Waals surface area (Å²) in [7, 11) is 1.21. The van der Waals surface area contributed by atoms with Gasteiger partial charge in [0.2, 0.25) is 5.91 Å². The first kappa shape index (κ1) is 41.6. The highest BCUT2D eigenvalue weighted by molar-refractivity contribution is 14.1. The van der Waals surface area contributed by atoms with E-state index < -0.39 is 77.4 Å². The summed E-state index contributed by atoms with van der Waals surface area (Å²) in [6.45, 7) is 6.66. The van der Waals surface area contributed by atoms with E-state index >= 15 is 4.79 Å². The van der Waals surface area contributed by atoms with Crippen LogP contribution in [0.25, 0.3) is 0 Å². The van der Waals surface area contributed by atoms with Crippen LogP contribution >= 0.6 is 22.6 Å². The Hall–Kier alpha value is -5.58. The Kier molecular flexibility index (Phi) is 12.2. The number of carbonyl (C=O) groups is 5. The zero-order chi connectivity index (χ0) is 42.0. The molecule has 0 bridgehead atoms. The molecule has 14 heteroatoms. The lowest BCUT2D eigenvalue weighted by Crippen LogP contribution is -2.56. The minimum Gasteiger partial charge on any atom is -0.491 e. The summed E-state index contributed by atoms with van der Waals surface area (Å²) < 4.78 is 23.8. The molecule has 2 saturated heterocycles. The lowest BCUT2D eigenvalue weighted by atomic mass is 9.65. The smallest absolute Gasteiger partial charge is 0.329 e. The van der Waals surface area contributed by atoms with Crippen molar-refractivity contribution >= 4 is 58.1 Å². The van der Waals surface area contributed by atoms with E-state index in [2.05, 4.69) is 34.5 Å². The number of imide groups is 1. The number of rotatable bonds is 12. The van der Waals surface area contributed by atoms with Gasteiger partial charge in [-0.1, -0.05) is 99.3 Å². The number of hydrogen-bond donors (Lipinski definition) is 2. The van der Waals surface area contributed by atoms with Crippen molar-refractivity contribution in [1.29, 1.82) is 0 Å². The van der Waals surface area contributed by atoms with Gasteiger partial charge in [0.25, 0.3) is 0 Å². The van der Waals surface area contributed by atoms with Crippen LogP contribution in [0.1, 0.15) is 54.3 Å². The number of aliphatic hydroxyl groups excluding tert-OH is 1. The molecule has 7 atom stereocenters. The second kappa shape index (κ2) is 17.3. The molecule has 4 aromatic rings. The number of aliphatic hydroxyl groups is 1. The normalized spacial score (nSPS) is 23.9. The van der Waals surface area contributed by atoms with Crippen molar-refractivity contribution in [3.05, 3.63) is 142 Å². The number of amides is 3. The number of nitrogens with one attached hydrogen (secondary N) is 1. The average molecular weight is 914 g/mol. The summed E-state index contributed by atoms with van der Waals surface area (Å²) >= 11 is 2.11. The minimum absolute atomic E-state index is 0.0255. The van der Waals surface area contributed by atoms with Crippen LogP contribution in [-0.2, 0) is 38.8 Å². The van der Waals surface area contributed by atoms with Crippen molar-refractivity contribution in [2.75, 3.05) is 31.8 Å². The first-order chi connectivity index (χ1) is 28.5. The lowest BCUT2D eigenvalue weighted by molar-refractivity contribution is -0.180. The SMILES string of the molecule is C=CCOC(=O)[C@H]1[C@@H]2C(=O)O[C@@H](c3ccccc3)[C@@H](c3ccccc3)N2[C@@H](c2cccc(OCCO)c2)[C@]12C(=O)N(C(=O)N[C@H](C(=O)OC)C(C)C)c1ccc(I)cc12. The van der Waals surface area contributed by atoms with E-state index in [0.717, 1.165) is 10.5 Å². The van der Waals surface area contributed by atoms with Crippen LogP contribution in [0.2, 0.25) is 0 Å². The quantitative estimate of drug-likeness (QED) is 0.0747. The maximum atomic E-state index is 16.1. The van der Waals surface area contributed by atoms with Gasteiger partial charge in [-0.25, -0.2) is 14.5 Å². The number of ether oxygens (including phenoxy) is 4. The van der Waals surface area contributed by atoms with Gasteiger partial charge >= 0.3 is 23.9 Å². The Morgan fingerprint density at radius 1 is 0.932 bits per heavy atom. The number of carbonyl (C=O) groups excluding carboxylic acids is 5. The first-order valence-electron chi connectivity index (χ1n) is 19.2. The Balaban J connectivity index is 1.56. The first-order valence-corrected chi connectivity index (χ1v) is 20.3. The lowest BCUT2D eigenvalue weighted by Gasteiger charge is -2.46. The van der Waals surface area contributed by atoms with Crippen LogP contribution in [0.3, 0.4) is 0 Å². The van der Waals surface area contributed by atoms with Crippen LogP contribution in [0, 0.1) is 15.4 Å². The van der Waals surface area contributed by atoms with Crippen molar-refractivity contribution in [1.82, 2.24) is 10.2 Å². The summed E-state index contributed by atoms with van der Waals surface area (Å²) in [6, 6.07) is 25.2. The highest BCUT2D eigenvalue weighted by Crippen LogP contribution is 2.66. The molecule has 0 aromatic heterocycles. The number of morpholine rings is 1. The number of halogens is 1. The van der Waals surface area contributed by atoms with Crippen molar-refractivity contribution in [3.8, 4) is 5.75 Å². The fraction of sp³-hybridized carbons (Fsp3) is 0.311. The van der Waals surface area contributed by atoms with Crippen LogP contribution in [0.5, 0.6) is 5.75 Å². The molecular weight excluding hydrogens is 869 g/mol. The standard InChI is InChI=1S/C45H44IN3O10/c1-5-22-58-40(51)34-37-42(53)59-38(28-15-10-7-11-16-28)36(27-13-8-6-9-14-27)49(37)39(29-17-12-18-31(24-29)57-23-21-50)45(34)32-25-30(46)19-20-33(32)48(43(45)54)44(55)47-35(26(2)3)41(52)56-4/h5-20,24-26,34-39,50H,1,21-23H2,2-4H3,(H,47,55)/t34-,35+,36-,37-,38+,39+,45-/m1/s1. The predicted octanol–water partition coefficient (Wildman–Crippen LogP) is 5.96. The van der Waals surface area contributed by atoms with Crippen molar-refractivity contribution < 1.29 is 48.0 Å². The molecular formula is C45H44IN3O10. The number of nitrogens with zero attached hydrogens (tertiary/aromatic N) is 2. The monoisotopic (exact) mass is 913 g/mol. The van der Waals surface area contributed by atoms with E-state index in [1.165, 1.54) is 13.2 Å². The van der Waals surface area contributed by atoms with E-state index in [1.54, 1.807) is 56.3 Å². The van der Waals surface area contributed by atoms with Gasteiger partial charge in [0.05, 0.1) is 31.5 Å². The summed E-state index contributed by atoms with van der Waals surface area (Å²) in [5.74, 6) is -4.84. The Labute approximate surface area is 355 Å². The number of urea groups is 1. The van der Waals surface area contributed by atoms with Gasteiger partial charge in [0.1, 0.15) is 48.5 Å². The third kappa shape index (κ3) is 7.27. The second-order valence-electron chi connectivity index (χ2n) is 14.8. The van der Waals surface area contributed by atoms with Crippen LogP contribution < -0.4 is 15.0 Å². The van der Waals surface area contributed by atoms with Gasteiger partial charge in [0, 0.05) is 3.57 Å². The summed E-state index contributed by atoms with van der Waals surface area (Å²) in [5.41, 5.74) is 0.289. The topological polar surface area (TPSA) is 161 Å². The largest absolute Gasteiger partial charge is 0.491 e. The molecule has 2 fully saturated rings. The second-order valence-corrected chi connectivity index (χ2v) is 16.1. The molecule has 3 aliphatic rings. The van der Waals surface area contributed by atoms with E-state index in [4.69, 9.17) is 18.9 Å². The Morgan fingerprint density at radius 2 is 1.61 bits per heavy atom. The number of fused-ring (bicyclic) bond motifs is 3. The zero-order valence-corrected chi connectivity index (χ0v) is 34.8. The molecule has 7 rings (SSSR count). The fourth-order valence-corrected chi connectivity index (χ4v) is 9.33. The maximum Gasteiger partial charge on any atom is 0.329 e. The minimum atomic E-state index is -2.04. The number of methoxy groups -OCH3 is 1. The molecule has 3 amide bonds. The molecule has 0 aliphatic carbocycles. The highest BCUT2D eigenvalue weighted by Gasteiger charge is 2.76. The fourth-order valence-electron chi connectivity index (χ4n) is 8.84. The molecule has 59 heavy (non-hydrogen) atoms. The molecule has 1 spiro atoms. The molecule has 306 valence electrons. The average Bonchev–Trinajstić information content (AvgIpc) is 3.70.